The maximum atomic E-state index is 12.0. The number of carboxylic acid groups (broad SMARTS) is 1. The Morgan fingerprint density at radius 2 is 2.00 bits per heavy atom. The number of methoxy groups -OCH3 is 1. The zero-order valence-corrected chi connectivity index (χ0v) is 11.1. The zero-order valence-electron chi connectivity index (χ0n) is 10.3. The quantitative estimate of drug-likeness (QED) is 0.848. The third-order valence-corrected chi connectivity index (χ3v) is 4.73. The third kappa shape index (κ3) is 3.73. The number of aliphatic carboxylic acids is 1. The standard InChI is InChI=1S/C12H16O5S/c1-9(7-12(13)14)18(15,16)8-10-5-3-4-6-11(10)17-2/h3-6,9H,7-8H2,1-2H3,(H,13,14). The molecule has 0 saturated heterocycles. The molecule has 0 amide bonds. The Bertz CT molecular complexity index is 521. The summed E-state index contributed by atoms with van der Waals surface area (Å²) in [7, 11) is -2.04. The Balaban J connectivity index is 2.92. The van der Waals surface area contributed by atoms with Gasteiger partial charge < -0.3 is 9.84 Å². The molecule has 0 aromatic heterocycles. The van der Waals surface area contributed by atoms with Gasteiger partial charge in [-0.15, -0.1) is 0 Å². The number of benzene rings is 1. The molecule has 1 aromatic rings. The van der Waals surface area contributed by atoms with Crippen LogP contribution in [0.4, 0.5) is 0 Å². The van der Waals surface area contributed by atoms with Crippen LogP contribution in [0.3, 0.4) is 0 Å². The topological polar surface area (TPSA) is 80.7 Å². The number of rotatable bonds is 6. The predicted octanol–water partition coefficient (Wildman–Crippen LogP) is 1.47. The van der Waals surface area contributed by atoms with Crippen LogP contribution in [-0.4, -0.2) is 31.9 Å². The predicted molar refractivity (Wildman–Crippen MR) is 67.3 cm³/mol. The van der Waals surface area contributed by atoms with Crippen molar-refractivity contribution in [2.45, 2.75) is 24.3 Å². The van der Waals surface area contributed by atoms with E-state index in [2.05, 4.69) is 0 Å². The van der Waals surface area contributed by atoms with Gasteiger partial charge in [-0.2, -0.15) is 0 Å². The first-order valence-electron chi connectivity index (χ1n) is 5.42. The normalized spacial score (nSPS) is 13.0. The second-order valence-electron chi connectivity index (χ2n) is 4.03. The van der Waals surface area contributed by atoms with Crippen molar-refractivity contribution in [3.05, 3.63) is 29.8 Å². The van der Waals surface area contributed by atoms with Crippen molar-refractivity contribution in [2.24, 2.45) is 0 Å². The lowest BCUT2D eigenvalue weighted by Crippen LogP contribution is -2.23. The summed E-state index contributed by atoms with van der Waals surface area (Å²) in [5.74, 6) is -0.847. The van der Waals surface area contributed by atoms with Crippen LogP contribution in [0.1, 0.15) is 18.9 Å². The lowest BCUT2D eigenvalue weighted by Gasteiger charge is -2.12. The van der Waals surface area contributed by atoms with E-state index in [1.54, 1.807) is 24.3 Å². The van der Waals surface area contributed by atoms with E-state index in [-0.39, 0.29) is 5.75 Å². The molecular formula is C12H16O5S. The van der Waals surface area contributed by atoms with Crippen LogP contribution in [-0.2, 0) is 20.4 Å². The van der Waals surface area contributed by atoms with Crippen LogP contribution in [0.25, 0.3) is 0 Å². The molecule has 0 aliphatic heterocycles. The molecule has 0 fully saturated rings. The van der Waals surface area contributed by atoms with Crippen molar-refractivity contribution in [1.82, 2.24) is 0 Å². The number of sulfone groups is 1. The van der Waals surface area contributed by atoms with E-state index in [9.17, 15) is 13.2 Å². The highest BCUT2D eigenvalue weighted by Crippen LogP contribution is 2.22. The van der Waals surface area contributed by atoms with Crippen LogP contribution in [0.5, 0.6) is 5.75 Å². The zero-order chi connectivity index (χ0) is 13.8. The van der Waals surface area contributed by atoms with Gasteiger partial charge in [0.2, 0.25) is 0 Å². The summed E-state index contributed by atoms with van der Waals surface area (Å²) in [5.41, 5.74) is 0.539. The van der Waals surface area contributed by atoms with E-state index >= 15 is 0 Å². The number of para-hydroxylation sites is 1. The van der Waals surface area contributed by atoms with Crippen molar-refractivity contribution < 1.29 is 23.1 Å². The number of ether oxygens (including phenoxy) is 1. The molecule has 1 N–H and O–H groups in total. The summed E-state index contributed by atoms with van der Waals surface area (Å²) in [6, 6.07) is 6.79. The monoisotopic (exact) mass is 272 g/mol. The Morgan fingerprint density at radius 1 is 1.39 bits per heavy atom. The van der Waals surface area contributed by atoms with Crippen molar-refractivity contribution >= 4 is 15.8 Å². The molecule has 100 valence electrons. The molecule has 6 heteroatoms. The summed E-state index contributed by atoms with van der Waals surface area (Å²) in [6.07, 6.45) is -0.391. The largest absolute Gasteiger partial charge is 0.496 e. The lowest BCUT2D eigenvalue weighted by atomic mass is 10.2. The molecule has 1 atom stereocenters. The van der Waals surface area contributed by atoms with Gasteiger partial charge in [-0.05, 0) is 13.0 Å². The third-order valence-electron chi connectivity index (χ3n) is 2.62. The Labute approximate surface area is 106 Å². The molecule has 1 aromatic carbocycles. The fourth-order valence-corrected chi connectivity index (χ4v) is 2.91. The average Bonchev–Trinajstić information content (AvgIpc) is 2.28. The number of hydrogen-bond donors (Lipinski definition) is 1. The second-order valence-corrected chi connectivity index (χ2v) is 6.45. The molecule has 0 heterocycles. The maximum absolute atomic E-state index is 12.0. The molecule has 0 bridgehead atoms. The minimum absolute atomic E-state index is 0.217. The van der Waals surface area contributed by atoms with Gasteiger partial charge in [0.25, 0.3) is 0 Å². The van der Waals surface area contributed by atoms with Crippen LogP contribution < -0.4 is 4.74 Å². The second kappa shape index (κ2) is 5.86. The first-order valence-corrected chi connectivity index (χ1v) is 7.13. The SMILES string of the molecule is COc1ccccc1CS(=O)(=O)C(C)CC(=O)O. The van der Waals surface area contributed by atoms with E-state index in [1.807, 2.05) is 0 Å². The van der Waals surface area contributed by atoms with E-state index in [4.69, 9.17) is 9.84 Å². The van der Waals surface area contributed by atoms with Crippen molar-refractivity contribution in [3.63, 3.8) is 0 Å². The average molecular weight is 272 g/mol. The summed E-state index contributed by atoms with van der Waals surface area (Å²) in [6.45, 7) is 1.40. The van der Waals surface area contributed by atoms with Crippen molar-refractivity contribution in [1.29, 1.82) is 0 Å². The molecule has 0 radical (unpaired) electrons. The van der Waals surface area contributed by atoms with Gasteiger partial charge in [-0.1, -0.05) is 18.2 Å². The van der Waals surface area contributed by atoms with Gasteiger partial charge in [0.15, 0.2) is 9.84 Å². The van der Waals surface area contributed by atoms with Gasteiger partial charge in [0.1, 0.15) is 5.75 Å². The molecule has 5 nitrogen and oxygen atoms in total. The summed E-state index contributed by atoms with van der Waals surface area (Å²) in [5, 5.41) is 7.71. The van der Waals surface area contributed by atoms with Crippen LogP contribution in [0, 0.1) is 0 Å². The van der Waals surface area contributed by atoms with Crippen molar-refractivity contribution in [3.8, 4) is 5.75 Å². The minimum atomic E-state index is -3.50. The Kier molecular flexibility index (Phi) is 4.72. The van der Waals surface area contributed by atoms with Gasteiger partial charge in [-0.25, -0.2) is 8.42 Å². The highest BCUT2D eigenvalue weighted by atomic mass is 32.2. The summed E-state index contributed by atoms with van der Waals surface area (Å²) in [4.78, 5) is 10.5. The molecule has 0 spiro atoms. The molecule has 0 saturated carbocycles. The highest BCUT2D eigenvalue weighted by Gasteiger charge is 2.24. The van der Waals surface area contributed by atoms with Crippen LogP contribution >= 0.6 is 0 Å². The minimum Gasteiger partial charge on any atom is -0.496 e. The van der Waals surface area contributed by atoms with Crippen LogP contribution in [0.15, 0.2) is 24.3 Å². The molecule has 0 aliphatic carbocycles. The first kappa shape index (κ1) is 14.5. The number of carboxylic acids is 1. The highest BCUT2D eigenvalue weighted by molar-refractivity contribution is 7.91. The van der Waals surface area contributed by atoms with E-state index < -0.39 is 27.5 Å². The molecular weight excluding hydrogens is 256 g/mol. The maximum Gasteiger partial charge on any atom is 0.304 e. The van der Waals surface area contributed by atoms with E-state index in [0.717, 1.165) is 0 Å². The molecule has 1 unspecified atom stereocenters. The molecule has 18 heavy (non-hydrogen) atoms. The summed E-state index contributed by atoms with van der Waals surface area (Å²) >= 11 is 0. The van der Waals surface area contributed by atoms with E-state index in [0.29, 0.717) is 11.3 Å². The van der Waals surface area contributed by atoms with E-state index in [1.165, 1.54) is 14.0 Å². The number of carbonyl (C=O) groups is 1. The van der Waals surface area contributed by atoms with Gasteiger partial charge in [0, 0.05) is 5.56 Å². The molecule has 1 rings (SSSR count). The van der Waals surface area contributed by atoms with Gasteiger partial charge >= 0.3 is 5.97 Å². The summed E-state index contributed by atoms with van der Waals surface area (Å²) < 4.78 is 29.0. The van der Waals surface area contributed by atoms with Crippen molar-refractivity contribution in [2.75, 3.05) is 7.11 Å². The van der Waals surface area contributed by atoms with Crippen LogP contribution in [0.2, 0.25) is 0 Å². The molecule has 0 aliphatic rings. The Morgan fingerprint density at radius 3 is 2.56 bits per heavy atom. The lowest BCUT2D eigenvalue weighted by molar-refractivity contribution is -0.136. The first-order chi connectivity index (χ1) is 8.36. The number of hydrogen-bond acceptors (Lipinski definition) is 4. The smallest absolute Gasteiger partial charge is 0.304 e. The van der Waals surface area contributed by atoms with Gasteiger partial charge in [-0.3, -0.25) is 4.79 Å². The fourth-order valence-electron chi connectivity index (χ4n) is 1.55. The van der Waals surface area contributed by atoms with Gasteiger partial charge in [0.05, 0.1) is 24.5 Å². The fraction of sp³-hybridized carbons (Fsp3) is 0.417. The Hall–Kier alpha value is -1.56.